The van der Waals surface area contributed by atoms with Gasteiger partial charge in [0, 0.05) is 18.2 Å². The van der Waals surface area contributed by atoms with Crippen LogP contribution in [0.2, 0.25) is 0 Å². The highest BCUT2D eigenvalue weighted by Crippen LogP contribution is 2.15. The molecule has 2 nitrogen and oxygen atoms in total. The first kappa shape index (κ1) is 15.1. The molecule has 0 aliphatic carbocycles. The summed E-state index contributed by atoms with van der Waals surface area (Å²) in [7, 11) is 2.06. The average Bonchev–Trinajstić information content (AvgIpc) is 2.29. The van der Waals surface area contributed by atoms with Crippen LogP contribution in [0.4, 0.5) is 4.39 Å². The summed E-state index contributed by atoms with van der Waals surface area (Å²) >= 11 is 4.84. The molecule has 18 heavy (non-hydrogen) atoms. The van der Waals surface area contributed by atoms with Crippen LogP contribution in [0.5, 0.6) is 0 Å². The van der Waals surface area contributed by atoms with E-state index in [0.29, 0.717) is 17.5 Å². The van der Waals surface area contributed by atoms with E-state index in [0.717, 1.165) is 12.1 Å². The third-order valence-corrected chi connectivity index (χ3v) is 3.61. The Morgan fingerprint density at radius 2 is 2.00 bits per heavy atom. The van der Waals surface area contributed by atoms with Crippen molar-refractivity contribution in [2.45, 2.75) is 33.4 Å². The molecule has 0 aliphatic heterocycles. The second-order valence-electron chi connectivity index (χ2n) is 5.08. The summed E-state index contributed by atoms with van der Waals surface area (Å²) in [5.74, 6) is 0.219. The van der Waals surface area contributed by atoms with Crippen molar-refractivity contribution < 1.29 is 4.39 Å². The molecule has 1 rings (SSSR count). The molecule has 0 aromatic heterocycles. The smallest absolute Gasteiger partial charge is 0.133 e. The summed E-state index contributed by atoms with van der Waals surface area (Å²) in [5.41, 5.74) is 6.85. The van der Waals surface area contributed by atoms with Gasteiger partial charge in [-0.1, -0.05) is 32.1 Å². The minimum Gasteiger partial charge on any atom is -0.389 e. The third kappa shape index (κ3) is 3.75. The van der Waals surface area contributed by atoms with E-state index in [1.807, 2.05) is 0 Å². The lowest BCUT2D eigenvalue weighted by Gasteiger charge is -2.28. The fraction of sp³-hybridized carbons (Fsp3) is 0.500. The largest absolute Gasteiger partial charge is 0.389 e. The number of hydrogen-bond acceptors (Lipinski definition) is 2. The summed E-state index contributed by atoms with van der Waals surface area (Å²) in [6, 6.07) is 5.41. The van der Waals surface area contributed by atoms with Gasteiger partial charge >= 0.3 is 0 Å². The predicted octanol–water partition coefficient (Wildman–Crippen LogP) is 2.94. The molecule has 1 aromatic rings. The fourth-order valence-electron chi connectivity index (χ4n) is 1.80. The number of thiocarbonyl (C=S) groups is 1. The Kier molecular flexibility index (Phi) is 5.23. The van der Waals surface area contributed by atoms with Crippen LogP contribution in [0.3, 0.4) is 0 Å². The Morgan fingerprint density at radius 3 is 2.50 bits per heavy atom. The molecule has 0 heterocycles. The molecule has 4 heteroatoms. The van der Waals surface area contributed by atoms with Crippen LogP contribution in [0.1, 0.15) is 31.9 Å². The number of nitrogens with zero attached hydrogens (tertiary/aromatic N) is 1. The predicted molar refractivity (Wildman–Crippen MR) is 78.1 cm³/mol. The lowest BCUT2D eigenvalue weighted by molar-refractivity contribution is 0.200. The van der Waals surface area contributed by atoms with Crippen molar-refractivity contribution in [1.82, 2.24) is 4.90 Å². The van der Waals surface area contributed by atoms with E-state index >= 15 is 0 Å². The zero-order valence-corrected chi connectivity index (χ0v) is 12.2. The summed E-state index contributed by atoms with van der Waals surface area (Å²) in [5, 5.41) is 0. The number of rotatable bonds is 5. The molecule has 0 radical (unpaired) electrons. The first-order chi connectivity index (χ1) is 8.32. The van der Waals surface area contributed by atoms with Gasteiger partial charge in [0.05, 0.1) is 0 Å². The maximum Gasteiger partial charge on any atom is 0.133 e. The molecule has 0 aliphatic rings. The molecule has 0 amide bonds. The normalized spacial score (nSPS) is 13.1. The summed E-state index contributed by atoms with van der Waals surface area (Å²) in [6.45, 7) is 7.32. The first-order valence-electron chi connectivity index (χ1n) is 6.11. The Labute approximate surface area is 114 Å². The van der Waals surface area contributed by atoms with Crippen LogP contribution in [0.15, 0.2) is 18.2 Å². The molecule has 0 saturated carbocycles. The van der Waals surface area contributed by atoms with Crippen LogP contribution in [0.25, 0.3) is 0 Å². The zero-order chi connectivity index (χ0) is 13.9. The Hall–Kier alpha value is -1.00. The van der Waals surface area contributed by atoms with Crippen molar-refractivity contribution in [3.05, 3.63) is 35.1 Å². The first-order valence-corrected chi connectivity index (χ1v) is 6.52. The average molecular weight is 268 g/mol. The zero-order valence-electron chi connectivity index (χ0n) is 11.4. The van der Waals surface area contributed by atoms with Crippen LogP contribution in [-0.4, -0.2) is 23.0 Å². The van der Waals surface area contributed by atoms with E-state index in [1.165, 1.54) is 6.07 Å². The van der Waals surface area contributed by atoms with Crippen molar-refractivity contribution in [3.63, 3.8) is 0 Å². The topological polar surface area (TPSA) is 29.3 Å². The van der Waals surface area contributed by atoms with Gasteiger partial charge in [-0.15, -0.1) is 0 Å². The lowest BCUT2D eigenvalue weighted by atomic mass is 10.0. The highest BCUT2D eigenvalue weighted by Gasteiger charge is 2.14. The summed E-state index contributed by atoms with van der Waals surface area (Å²) in [4.78, 5) is 2.34. The minimum absolute atomic E-state index is 0.105. The Balaban J connectivity index is 2.86. The van der Waals surface area contributed by atoms with E-state index in [-0.39, 0.29) is 10.8 Å². The van der Waals surface area contributed by atoms with Gasteiger partial charge < -0.3 is 5.73 Å². The second kappa shape index (κ2) is 6.25. The van der Waals surface area contributed by atoms with Gasteiger partial charge in [0.1, 0.15) is 10.8 Å². The van der Waals surface area contributed by atoms with Gasteiger partial charge in [-0.25, -0.2) is 4.39 Å². The van der Waals surface area contributed by atoms with Crippen LogP contribution < -0.4 is 5.73 Å². The van der Waals surface area contributed by atoms with E-state index in [9.17, 15) is 4.39 Å². The molecule has 100 valence electrons. The quantitative estimate of drug-likeness (QED) is 0.833. The standard InChI is InChI=1S/C14H21FN2S/c1-9(2)10(3)17(4)8-11-5-6-13(15)12(7-11)14(16)18/h5-7,9-10H,8H2,1-4H3,(H2,16,18). The molecule has 0 saturated heterocycles. The van der Waals surface area contributed by atoms with Gasteiger partial charge in [-0.05, 0) is 37.6 Å². The van der Waals surface area contributed by atoms with Crippen molar-refractivity contribution in [2.24, 2.45) is 11.7 Å². The molecular formula is C14H21FN2S. The molecule has 0 fully saturated rings. The van der Waals surface area contributed by atoms with Crippen LogP contribution in [0, 0.1) is 11.7 Å². The van der Waals surface area contributed by atoms with Crippen molar-refractivity contribution >= 4 is 17.2 Å². The highest BCUT2D eigenvalue weighted by molar-refractivity contribution is 7.80. The Morgan fingerprint density at radius 1 is 1.39 bits per heavy atom. The van der Waals surface area contributed by atoms with E-state index in [1.54, 1.807) is 12.1 Å². The van der Waals surface area contributed by atoms with Gasteiger partial charge in [-0.2, -0.15) is 0 Å². The monoisotopic (exact) mass is 268 g/mol. The molecule has 0 bridgehead atoms. The summed E-state index contributed by atoms with van der Waals surface area (Å²) in [6.07, 6.45) is 0. The van der Waals surface area contributed by atoms with Crippen LogP contribution >= 0.6 is 12.2 Å². The van der Waals surface area contributed by atoms with Crippen molar-refractivity contribution in [1.29, 1.82) is 0 Å². The molecule has 1 atom stereocenters. The fourth-order valence-corrected chi connectivity index (χ4v) is 1.96. The number of nitrogens with two attached hydrogens (primary N) is 1. The van der Waals surface area contributed by atoms with E-state index < -0.39 is 0 Å². The van der Waals surface area contributed by atoms with Gasteiger partial charge in [0.25, 0.3) is 0 Å². The van der Waals surface area contributed by atoms with E-state index in [2.05, 4.69) is 32.7 Å². The Bertz CT molecular complexity index is 432. The van der Waals surface area contributed by atoms with Crippen molar-refractivity contribution in [3.8, 4) is 0 Å². The SMILES string of the molecule is CC(C)C(C)N(C)Cc1ccc(F)c(C(N)=S)c1. The summed E-state index contributed by atoms with van der Waals surface area (Å²) < 4.78 is 13.5. The maximum atomic E-state index is 13.5. The highest BCUT2D eigenvalue weighted by atomic mass is 32.1. The third-order valence-electron chi connectivity index (χ3n) is 3.39. The van der Waals surface area contributed by atoms with Crippen LogP contribution in [-0.2, 0) is 6.54 Å². The second-order valence-corrected chi connectivity index (χ2v) is 5.52. The minimum atomic E-state index is -0.356. The molecular weight excluding hydrogens is 247 g/mol. The van der Waals surface area contributed by atoms with Crippen molar-refractivity contribution in [2.75, 3.05) is 7.05 Å². The molecule has 2 N–H and O–H groups in total. The van der Waals surface area contributed by atoms with Gasteiger partial charge in [-0.3, -0.25) is 4.90 Å². The maximum absolute atomic E-state index is 13.5. The molecule has 0 spiro atoms. The molecule has 1 unspecified atom stereocenters. The lowest BCUT2D eigenvalue weighted by Crippen LogP contribution is -2.32. The number of hydrogen-bond donors (Lipinski definition) is 1. The van der Waals surface area contributed by atoms with Gasteiger partial charge in [0.15, 0.2) is 0 Å². The van der Waals surface area contributed by atoms with Gasteiger partial charge in [0.2, 0.25) is 0 Å². The number of halogens is 1. The molecule has 1 aromatic carbocycles. The number of benzene rings is 1. The van der Waals surface area contributed by atoms with E-state index in [4.69, 9.17) is 18.0 Å².